The Labute approximate surface area is 115 Å². The molecule has 0 radical (unpaired) electrons. The molecule has 1 fully saturated rings. The summed E-state index contributed by atoms with van der Waals surface area (Å²) in [6.07, 6.45) is 5.43. The Morgan fingerprint density at radius 2 is 2.30 bits per heavy atom. The summed E-state index contributed by atoms with van der Waals surface area (Å²) in [5.74, 6) is 0.646. The smallest absolute Gasteiger partial charge is 0.277 e. The molecule has 6 nitrogen and oxygen atoms in total. The lowest BCUT2D eigenvalue weighted by molar-refractivity contribution is -0.383. The van der Waals surface area contributed by atoms with Gasteiger partial charge in [-0.1, -0.05) is 0 Å². The standard InChI is InChI=1S/C14H15N3O3/c18-17(19)13-3-4-14(12-8-15-7-5-11(12)13)20-9-10-2-1-6-16-10/h3-5,7-8,10,16H,1-2,6,9H2. The fourth-order valence-corrected chi connectivity index (χ4v) is 2.52. The lowest BCUT2D eigenvalue weighted by Crippen LogP contribution is -2.28. The summed E-state index contributed by atoms with van der Waals surface area (Å²) >= 11 is 0. The van der Waals surface area contributed by atoms with Crippen LogP contribution < -0.4 is 10.1 Å². The molecule has 0 bridgehead atoms. The molecule has 0 amide bonds. The maximum Gasteiger partial charge on any atom is 0.277 e. The van der Waals surface area contributed by atoms with Crippen molar-refractivity contribution in [3.63, 3.8) is 0 Å². The molecule has 0 aliphatic carbocycles. The average molecular weight is 273 g/mol. The molecule has 1 aliphatic heterocycles. The molecule has 0 saturated carbocycles. The first-order chi connectivity index (χ1) is 9.75. The first-order valence-corrected chi connectivity index (χ1v) is 6.63. The van der Waals surface area contributed by atoms with Crippen molar-refractivity contribution in [1.29, 1.82) is 0 Å². The first kappa shape index (κ1) is 12.8. The van der Waals surface area contributed by atoms with Crippen LogP contribution in [0.4, 0.5) is 5.69 Å². The van der Waals surface area contributed by atoms with Gasteiger partial charge in [-0.2, -0.15) is 0 Å². The number of nitrogens with zero attached hydrogens (tertiary/aromatic N) is 2. The average Bonchev–Trinajstić information content (AvgIpc) is 2.97. The number of pyridine rings is 1. The Kier molecular flexibility index (Phi) is 3.47. The molecule has 20 heavy (non-hydrogen) atoms. The van der Waals surface area contributed by atoms with E-state index >= 15 is 0 Å². The quantitative estimate of drug-likeness (QED) is 0.683. The predicted octanol–water partition coefficient (Wildman–Crippen LogP) is 2.27. The maximum atomic E-state index is 11.0. The largest absolute Gasteiger partial charge is 0.491 e. The number of nitro groups is 1. The number of benzene rings is 1. The number of hydrogen-bond acceptors (Lipinski definition) is 5. The van der Waals surface area contributed by atoms with E-state index in [1.54, 1.807) is 24.5 Å². The van der Waals surface area contributed by atoms with Crippen LogP contribution in [0.5, 0.6) is 5.75 Å². The molecule has 0 spiro atoms. The summed E-state index contributed by atoms with van der Waals surface area (Å²) in [5.41, 5.74) is 0.0775. The summed E-state index contributed by atoms with van der Waals surface area (Å²) in [6.45, 7) is 1.60. The van der Waals surface area contributed by atoms with Gasteiger partial charge in [0.1, 0.15) is 12.4 Å². The lowest BCUT2D eigenvalue weighted by atomic mass is 10.1. The van der Waals surface area contributed by atoms with Gasteiger partial charge in [-0.15, -0.1) is 0 Å². The topological polar surface area (TPSA) is 77.3 Å². The van der Waals surface area contributed by atoms with Gasteiger partial charge >= 0.3 is 0 Å². The number of ether oxygens (including phenoxy) is 1. The minimum atomic E-state index is -0.384. The number of rotatable bonds is 4. The van der Waals surface area contributed by atoms with Gasteiger partial charge < -0.3 is 10.1 Å². The Balaban J connectivity index is 1.91. The Morgan fingerprint density at radius 1 is 1.40 bits per heavy atom. The van der Waals surface area contributed by atoms with E-state index in [1.165, 1.54) is 6.07 Å². The minimum Gasteiger partial charge on any atom is -0.491 e. The number of aromatic nitrogens is 1. The Hall–Kier alpha value is -2.21. The van der Waals surface area contributed by atoms with Crippen LogP contribution in [0.2, 0.25) is 0 Å². The van der Waals surface area contributed by atoms with Gasteiger partial charge in [0.15, 0.2) is 0 Å². The highest BCUT2D eigenvalue weighted by atomic mass is 16.6. The van der Waals surface area contributed by atoms with E-state index in [0.717, 1.165) is 19.4 Å². The van der Waals surface area contributed by atoms with E-state index in [4.69, 9.17) is 4.74 Å². The highest BCUT2D eigenvalue weighted by Crippen LogP contribution is 2.32. The summed E-state index contributed by atoms with van der Waals surface area (Å²) in [4.78, 5) is 14.7. The number of nitro benzene ring substituents is 1. The summed E-state index contributed by atoms with van der Waals surface area (Å²) in [5, 5.41) is 15.6. The van der Waals surface area contributed by atoms with E-state index in [-0.39, 0.29) is 10.6 Å². The molecule has 1 aromatic carbocycles. The van der Waals surface area contributed by atoms with E-state index in [1.807, 2.05) is 0 Å². The van der Waals surface area contributed by atoms with Crippen molar-refractivity contribution >= 4 is 16.5 Å². The second-order valence-corrected chi connectivity index (χ2v) is 4.87. The Bertz CT molecular complexity index is 639. The molecule has 1 N–H and O–H groups in total. The zero-order valence-electron chi connectivity index (χ0n) is 10.9. The monoisotopic (exact) mass is 273 g/mol. The van der Waals surface area contributed by atoms with Crippen molar-refractivity contribution < 1.29 is 9.66 Å². The second-order valence-electron chi connectivity index (χ2n) is 4.87. The van der Waals surface area contributed by atoms with Crippen LogP contribution in [0.1, 0.15) is 12.8 Å². The number of fused-ring (bicyclic) bond motifs is 1. The second kappa shape index (κ2) is 5.42. The van der Waals surface area contributed by atoms with Gasteiger partial charge in [0.2, 0.25) is 0 Å². The summed E-state index contributed by atoms with van der Waals surface area (Å²) in [6, 6.07) is 5.14. The third-order valence-corrected chi connectivity index (χ3v) is 3.55. The number of non-ortho nitro benzene ring substituents is 1. The summed E-state index contributed by atoms with van der Waals surface area (Å²) in [7, 11) is 0. The molecule has 1 atom stereocenters. The molecule has 2 aromatic rings. The molecule has 1 unspecified atom stereocenters. The fraction of sp³-hybridized carbons (Fsp3) is 0.357. The number of hydrogen-bond donors (Lipinski definition) is 1. The third-order valence-electron chi connectivity index (χ3n) is 3.55. The van der Waals surface area contributed by atoms with Crippen molar-refractivity contribution in [1.82, 2.24) is 10.3 Å². The van der Waals surface area contributed by atoms with E-state index in [0.29, 0.717) is 29.2 Å². The van der Waals surface area contributed by atoms with Gasteiger partial charge in [0.05, 0.1) is 10.3 Å². The molecule has 1 saturated heterocycles. The van der Waals surface area contributed by atoms with Crippen LogP contribution in [0.3, 0.4) is 0 Å². The molecule has 1 aromatic heterocycles. The van der Waals surface area contributed by atoms with Crippen LogP contribution in [0.15, 0.2) is 30.6 Å². The van der Waals surface area contributed by atoms with Crippen LogP contribution in [0, 0.1) is 10.1 Å². The molecule has 6 heteroatoms. The van der Waals surface area contributed by atoms with Gasteiger partial charge in [-0.3, -0.25) is 15.1 Å². The van der Waals surface area contributed by atoms with E-state index < -0.39 is 0 Å². The molecule has 1 aliphatic rings. The molecular formula is C14H15N3O3. The molecule has 3 rings (SSSR count). The summed E-state index contributed by atoms with van der Waals surface area (Å²) < 4.78 is 5.81. The lowest BCUT2D eigenvalue weighted by Gasteiger charge is -2.13. The van der Waals surface area contributed by atoms with Crippen LogP contribution in [0.25, 0.3) is 10.8 Å². The van der Waals surface area contributed by atoms with Crippen molar-refractivity contribution in [2.45, 2.75) is 18.9 Å². The zero-order valence-corrected chi connectivity index (χ0v) is 10.9. The number of nitrogens with one attached hydrogen (secondary N) is 1. The van der Waals surface area contributed by atoms with Crippen LogP contribution in [-0.2, 0) is 0 Å². The van der Waals surface area contributed by atoms with Gasteiger partial charge in [0, 0.05) is 29.9 Å². The van der Waals surface area contributed by atoms with Crippen molar-refractivity contribution in [3.8, 4) is 5.75 Å². The van der Waals surface area contributed by atoms with Crippen molar-refractivity contribution in [3.05, 3.63) is 40.7 Å². The van der Waals surface area contributed by atoms with Crippen LogP contribution >= 0.6 is 0 Å². The predicted molar refractivity (Wildman–Crippen MR) is 74.9 cm³/mol. The normalized spacial score (nSPS) is 18.3. The van der Waals surface area contributed by atoms with Crippen molar-refractivity contribution in [2.24, 2.45) is 0 Å². The highest BCUT2D eigenvalue weighted by Gasteiger charge is 2.18. The fourth-order valence-electron chi connectivity index (χ4n) is 2.52. The maximum absolute atomic E-state index is 11.0. The van der Waals surface area contributed by atoms with Crippen molar-refractivity contribution in [2.75, 3.05) is 13.2 Å². The van der Waals surface area contributed by atoms with E-state index in [9.17, 15) is 10.1 Å². The molecule has 104 valence electrons. The van der Waals surface area contributed by atoms with E-state index in [2.05, 4.69) is 10.3 Å². The SMILES string of the molecule is O=[N+]([O-])c1ccc(OCC2CCCN2)c2cnccc12. The molecule has 2 heterocycles. The minimum absolute atomic E-state index is 0.0775. The van der Waals surface area contributed by atoms with Gasteiger partial charge in [-0.25, -0.2) is 0 Å². The van der Waals surface area contributed by atoms with Gasteiger partial charge in [-0.05, 0) is 31.5 Å². The first-order valence-electron chi connectivity index (χ1n) is 6.63. The molecular weight excluding hydrogens is 258 g/mol. The zero-order chi connectivity index (χ0) is 13.9. The van der Waals surface area contributed by atoms with Crippen LogP contribution in [-0.4, -0.2) is 29.1 Å². The third kappa shape index (κ3) is 2.42. The Morgan fingerprint density at radius 3 is 3.05 bits per heavy atom. The van der Waals surface area contributed by atoms with Gasteiger partial charge in [0.25, 0.3) is 5.69 Å². The highest BCUT2D eigenvalue weighted by molar-refractivity contribution is 5.94.